The Hall–Kier alpha value is -3.61. The van der Waals surface area contributed by atoms with Crippen LogP contribution in [0.1, 0.15) is 12.8 Å². The van der Waals surface area contributed by atoms with Gasteiger partial charge in [-0.05, 0) is 36.1 Å². The Bertz CT molecular complexity index is 978. The molecule has 0 N–H and O–H groups in total. The number of nitrogens with zero attached hydrogens (tertiary/aromatic N) is 3. The monoisotopic (exact) mass is 419 g/mol. The second-order valence-corrected chi connectivity index (χ2v) is 7.31. The summed E-state index contributed by atoms with van der Waals surface area (Å²) in [7, 11) is 1.54. The normalized spacial score (nSPS) is 15.9. The van der Waals surface area contributed by atoms with Crippen LogP contribution in [0.2, 0.25) is 0 Å². The summed E-state index contributed by atoms with van der Waals surface area (Å²) in [6.45, 7) is 1.20. The van der Waals surface area contributed by atoms with Crippen molar-refractivity contribution in [2.24, 2.45) is 0 Å². The summed E-state index contributed by atoms with van der Waals surface area (Å²) in [6, 6.07) is 21.3. The second-order valence-electron chi connectivity index (χ2n) is 7.31. The Morgan fingerprint density at radius 3 is 2.39 bits per heavy atom. The minimum absolute atomic E-state index is 0.000253. The van der Waals surface area contributed by atoms with Crippen LogP contribution in [0.25, 0.3) is 11.1 Å². The highest BCUT2D eigenvalue weighted by Crippen LogP contribution is 2.22. The first-order valence-corrected chi connectivity index (χ1v) is 10.3. The summed E-state index contributed by atoms with van der Waals surface area (Å²) in [5, 5.41) is 7.90. The van der Waals surface area contributed by atoms with Crippen molar-refractivity contribution in [3.8, 4) is 28.6 Å². The van der Waals surface area contributed by atoms with Gasteiger partial charge in [0.25, 0.3) is 5.91 Å². The molecule has 1 atom stereocenters. The molecule has 1 saturated heterocycles. The Labute approximate surface area is 181 Å². The molecule has 0 spiro atoms. The molecule has 1 amide bonds. The van der Waals surface area contributed by atoms with Crippen LogP contribution in [-0.2, 0) is 4.79 Å². The number of rotatable bonds is 7. The lowest BCUT2D eigenvalue weighted by Crippen LogP contribution is -2.46. The summed E-state index contributed by atoms with van der Waals surface area (Å²) in [4.78, 5) is 14.4. The van der Waals surface area contributed by atoms with Gasteiger partial charge in [0.15, 0.2) is 6.61 Å². The van der Waals surface area contributed by atoms with Crippen molar-refractivity contribution >= 4 is 5.91 Å². The standard InChI is InChI=1S/C24H25N3O4/c1-29-22-13-14-23(26-25-22)31-21-8-5-15-27(16-21)24(28)17-30-20-11-9-19(10-12-20)18-6-3-2-4-7-18/h2-4,6-7,9-14,21H,5,8,15-17H2,1H3. The Kier molecular flexibility index (Phi) is 6.62. The molecule has 1 unspecified atom stereocenters. The SMILES string of the molecule is COc1ccc(OC2CCCN(C(=O)COc3ccc(-c4ccccc4)cc3)C2)nn1. The van der Waals surface area contributed by atoms with Crippen molar-refractivity contribution in [1.82, 2.24) is 15.1 Å². The van der Waals surface area contributed by atoms with E-state index in [4.69, 9.17) is 14.2 Å². The number of carbonyl (C=O) groups excluding carboxylic acids is 1. The molecule has 1 aliphatic heterocycles. The Balaban J connectivity index is 1.28. The van der Waals surface area contributed by atoms with Crippen LogP contribution in [-0.4, -0.2) is 53.9 Å². The van der Waals surface area contributed by atoms with E-state index in [1.54, 1.807) is 17.0 Å². The molecular formula is C24H25N3O4. The maximum atomic E-state index is 12.6. The Morgan fingerprint density at radius 2 is 1.68 bits per heavy atom. The van der Waals surface area contributed by atoms with Crippen LogP contribution in [0.4, 0.5) is 0 Å². The van der Waals surface area contributed by atoms with Crippen LogP contribution in [0.15, 0.2) is 66.7 Å². The topological polar surface area (TPSA) is 73.8 Å². The number of aromatic nitrogens is 2. The van der Waals surface area contributed by atoms with Crippen LogP contribution in [0.3, 0.4) is 0 Å². The Morgan fingerprint density at radius 1 is 0.968 bits per heavy atom. The number of carbonyl (C=O) groups is 1. The zero-order valence-electron chi connectivity index (χ0n) is 17.4. The van der Waals surface area contributed by atoms with E-state index in [2.05, 4.69) is 22.3 Å². The van der Waals surface area contributed by atoms with E-state index in [1.807, 2.05) is 42.5 Å². The molecule has 0 aliphatic carbocycles. The third kappa shape index (κ3) is 5.51. The molecule has 1 fully saturated rings. The maximum Gasteiger partial charge on any atom is 0.260 e. The van der Waals surface area contributed by atoms with Gasteiger partial charge in [-0.15, -0.1) is 10.2 Å². The van der Waals surface area contributed by atoms with E-state index in [0.29, 0.717) is 30.6 Å². The van der Waals surface area contributed by atoms with E-state index in [9.17, 15) is 4.79 Å². The lowest BCUT2D eigenvalue weighted by Gasteiger charge is -2.32. The number of benzene rings is 2. The van der Waals surface area contributed by atoms with Gasteiger partial charge >= 0.3 is 0 Å². The predicted molar refractivity (Wildman–Crippen MR) is 116 cm³/mol. The highest BCUT2D eigenvalue weighted by atomic mass is 16.5. The van der Waals surface area contributed by atoms with Gasteiger partial charge in [0, 0.05) is 18.7 Å². The average molecular weight is 419 g/mol. The minimum Gasteiger partial charge on any atom is -0.484 e. The van der Waals surface area contributed by atoms with Crippen LogP contribution in [0.5, 0.6) is 17.5 Å². The number of methoxy groups -OCH3 is 1. The molecule has 0 bridgehead atoms. The fourth-order valence-corrected chi connectivity index (χ4v) is 3.52. The van der Waals surface area contributed by atoms with Crippen molar-refractivity contribution in [3.63, 3.8) is 0 Å². The third-order valence-corrected chi connectivity index (χ3v) is 5.17. The molecule has 160 valence electrons. The molecule has 0 saturated carbocycles. The summed E-state index contributed by atoms with van der Waals surface area (Å²) in [6.07, 6.45) is 1.61. The van der Waals surface area contributed by atoms with Gasteiger partial charge in [-0.3, -0.25) is 4.79 Å². The molecular weight excluding hydrogens is 394 g/mol. The van der Waals surface area contributed by atoms with E-state index in [1.165, 1.54) is 7.11 Å². The fourth-order valence-electron chi connectivity index (χ4n) is 3.52. The van der Waals surface area contributed by atoms with Crippen molar-refractivity contribution in [2.75, 3.05) is 26.8 Å². The van der Waals surface area contributed by atoms with E-state index in [0.717, 1.165) is 24.0 Å². The largest absolute Gasteiger partial charge is 0.484 e. The molecule has 31 heavy (non-hydrogen) atoms. The minimum atomic E-state index is -0.120. The molecule has 3 aromatic rings. The molecule has 1 aromatic heterocycles. The fraction of sp³-hybridized carbons (Fsp3) is 0.292. The molecule has 4 rings (SSSR count). The summed E-state index contributed by atoms with van der Waals surface area (Å²) >= 11 is 0. The van der Waals surface area contributed by atoms with Gasteiger partial charge in [0.2, 0.25) is 11.8 Å². The van der Waals surface area contributed by atoms with Crippen LogP contribution < -0.4 is 14.2 Å². The average Bonchev–Trinajstić information content (AvgIpc) is 2.84. The van der Waals surface area contributed by atoms with E-state index < -0.39 is 0 Å². The van der Waals surface area contributed by atoms with Crippen molar-refractivity contribution in [1.29, 1.82) is 0 Å². The zero-order valence-corrected chi connectivity index (χ0v) is 17.4. The van der Waals surface area contributed by atoms with E-state index >= 15 is 0 Å². The molecule has 2 heterocycles. The van der Waals surface area contributed by atoms with Gasteiger partial charge in [-0.1, -0.05) is 42.5 Å². The summed E-state index contributed by atoms with van der Waals surface area (Å²) in [5.41, 5.74) is 2.25. The summed E-state index contributed by atoms with van der Waals surface area (Å²) in [5.74, 6) is 1.48. The highest BCUT2D eigenvalue weighted by Gasteiger charge is 2.25. The summed E-state index contributed by atoms with van der Waals surface area (Å²) < 4.78 is 16.6. The number of piperidine rings is 1. The number of hydrogen-bond donors (Lipinski definition) is 0. The molecule has 2 aromatic carbocycles. The van der Waals surface area contributed by atoms with Gasteiger partial charge < -0.3 is 19.1 Å². The quantitative estimate of drug-likeness (QED) is 0.583. The van der Waals surface area contributed by atoms with Crippen molar-refractivity contribution in [2.45, 2.75) is 18.9 Å². The van der Waals surface area contributed by atoms with Gasteiger partial charge in [0.05, 0.1) is 13.7 Å². The number of ether oxygens (including phenoxy) is 3. The smallest absolute Gasteiger partial charge is 0.260 e. The van der Waals surface area contributed by atoms with Crippen molar-refractivity contribution < 1.29 is 19.0 Å². The number of likely N-dealkylation sites (tertiary alicyclic amines) is 1. The first-order chi connectivity index (χ1) is 15.2. The first-order valence-electron chi connectivity index (χ1n) is 10.3. The van der Waals surface area contributed by atoms with Gasteiger partial charge in [-0.25, -0.2) is 0 Å². The molecule has 7 nitrogen and oxygen atoms in total. The molecule has 0 radical (unpaired) electrons. The molecule has 7 heteroatoms. The predicted octanol–water partition coefficient (Wildman–Crippen LogP) is 3.60. The van der Waals surface area contributed by atoms with Crippen LogP contribution in [0, 0.1) is 0 Å². The zero-order chi connectivity index (χ0) is 21.5. The number of amides is 1. The van der Waals surface area contributed by atoms with Gasteiger partial charge in [0.1, 0.15) is 11.9 Å². The molecule has 1 aliphatic rings. The van der Waals surface area contributed by atoms with E-state index in [-0.39, 0.29) is 18.6 Å². The number of hydrogen-bond acceptors (Lipinski definition) is 6. The lowest BCUT2D eigenvalue weighted by atomic mass is 10.1. The highest BCUT2D eigenvalue weighted by molar-refractivity contribution is 5.78. The third-order valence-electron chi connectivity index (χ3n) is 5.17. The lowest BCUT2D eigenvalue weighted by molar-refractivity contribution is -0.136. The first kappa shape index (κ1) is 20.7. The second kappa shape index (κ2) is 9.93. The maximum absolute atomic E-state index is 12.6. The van der Waals surface area contributed by atoms with Crippen LogP contribution >= 0.6 is 0 Å². The van der Waals surface area contributed by atoms with Gasteiger partial charge in [-0.2, -0.15) is 0 Å². The van der Waals surface area contributed by atoms with Crippen molar-refractivity contribution in [3.05, 3.63) is 66.7 Å².